The van der Waals surface area contributed by atoms with Gasteiger partial charge in [0.15, 0.2) is 0 Å². The number of carbonyl (C=O) groups is 1. The summed E-state index contributed by atoms with van der Waals surface area (Å²) in [6.45, 7) is 3.59. The molecule has 0 atom stereocenters. The molecule has 2 aromatic rings. The minimum absolute atomic E-state index is 0.158. The van der Waals surface area contributed by atoms with E-state index in [4.69, 9.17) is 9.53 Å². The zero-order valence-electron chi connectivity index (χ0n) is 16.2. The molecule has 1 aliphatic carbocycles. The smallest absolute Gasteiger partial charge is 0.123 e. The molecule has 1 aliphatic rings. The number of rotatable bonds is 5. The topological polar surface area (TPSA) is 46.5 Å². The minimum atomic E-state index is -0.220. The van der Waals surface area contributed by atoms with Crippen LogP contribution >= 0.6 is 0 Å². The Labute approximate surface area is 161 Å². The van der Waals surface area contributed by atoms with Crippen molar-refractivity contribution in [1.29, 1.82) is 0 Å². The lowest BCUT2D eigenvalue weighted by Gasteiger charge is -2.26. The molecule has 0 saturated heterocycles. The number of benzene rings is 2. The quantitative estimate of drug-likeness (QED) is 0.721. The van der Waals surface area contributed by atoms with E-state index in [1.54, 1.807) is 12.1 Å². The molecule has 4 heteroatoms. The number of aryl methyl sites for hydroxylation is 1. The molecule has 1 N–H and O–H groups in total. The number of halogens is 1. The van der Waals surface area contributed by atoms with Gasteiger partial charge in [-0.25, -0.2) is 4.39 Å². The van der Waals surface area contributed by atoms with Crippen molar-refractivity contribution < 1.29 is 19.0 Å². The average Bonchev–Trinajstić information content (AvgIpc) is 2.66. The van der Waals surface area contributed by atoms with Crippen LogP contribution in [-0.2, 0) is 11.2 Å². The molecular formula is C23H29FO3. The van der Waals surface area contributed by atoms with E-state index in [-0.39, 0.29) is 18.0 Å². The van der Waals surface area contributed by atoms with Crippen molar-refractivity contribution in [3.8, 4) is 16.9 Å². The molecule has 0 heterocycles. The third kappa shape index (κ3) is 6.47. The number of aliphatic hydroxyl groups is 1. The summed E-state index contributed by atoms with van der Waals surface area (Å²) >= 11 is 0. The Kier molecular flexibility index (Phi) is 8.46. The predicted octanol–water partition coefficient (Wildman–Crippen LogP) is 5.33. The van der Waals surface area contributed by atoms with Crippen LogP contribution in [0, 0.1) is 5.82 Å². The standard InChI is InChI=1S/C21H25FO2.C2H4O/c1-2-4-15-7-10-20(24-19-11-8-18(23)9-12-19)14-21(15)16-5-3-6-17(22)13-16;1-2-3/h3,5-7,10,13-14,18-19,23H,2,4,8-9,11-12H2,1H3;2H,1H3. The number of aliphatic hydroxyl groups excluding tert-OH is 1. The van der Waals surface area contributed by atoms with E-state index in [0.29, 0.717) is 0 Å². The highest BCUT2D eigenvalue weighted by molar-refractivity contribution is 5.69. The van der Waals surface area contributed by atoms with Crippen molar-refractivity contribution >= 4 is 6.29 Å². The Balaban J connectivity index is 0.000000817. The lowest BCUT2D eigenvalue weighted by atomic mass is 9.94. The van der Waals surface area contributed by atoms with Gasteiger partial charge in [0, 0.05) is 0 Å². The van der Waals surface area contributed by atoms with Gasteiger partial charge < -0.3 is 14.6 Å². The van der Waals surface area contributed by atoms with E-state index in [1.807, 2.05) is 18.2 Å². The minimum Gasteiger partial charge on any atom is -0.490 e. The normalized spacial score (nSPS) is 19.0. The van der Waals surface area contributed by atoms with Crippen LogP contribution in [0.4, 0.5) is 4.39 Å². The number of hydrogen-bond acceptors (Lipinski definition) is 3. The van der Waals surface area contributed by atoms with Crippen LogP contribution in [0.2, 0.25) is 0 Å². The second kappa shape index (κ2) is 10.8. The van der Waals surface area contributed by atoms with Gasteiger partial charge in [0.25, 0.3) is 0 Å². The first-order valence-corrected chi connectivity index (χ1v) is 9.70. The van der Waals surface area contributed by atoms with Crippen molar-refractivity contribution in [3.05, 3.63) is 53.8 Å². The van der Waals surface area contributed by atoms with Gasteiger partial charge in [-0.3, -0.25) is 0 Å². The molecule has 0 spiro atoms. The van der Waals surface area contributed by atoms with Crippen molar-refractivity contribution in [2.45, 2.75) is 64.6 Å². The molecule has 0 bridgehead atoms. The van der Waals surface area contributed by atoms with E-state index in [9.17, 15) is 9.50 Å². The molecule has 0 aromatic heterocycles. The third-order valence-corrected chi connectivity index (χ3v) is 4.68. The summed E-state index contributed by atoms with van der Waals surface area (Å²) in [7, 11) is 0. The summed E-state index contributed by atoms with van der Waals surface area (Å²) < 4.78 is 19.7. The maximum atomic E-state index is 13.6. The molecule has 0 aliphatic heterocycles. The summed E-state index contributed by atoms with van der Waals surface area (Å²) in [5, 5.41) is 9.62. The maximum absolute atomic E-state index is 13.6. The second-order valence-corrected chi connectivity index (χ2v) is 6.86. The van der Waals surface area contributed by atoms with E-state index in [1.165, 1.54) is 18.6 Å². The Morgan fingerprint density at radius 2 is 1.85 bits per heavy atom. The number of aldehydes is 1. The Morgan fingerprint density at radius 3 is 2.48 bits per heavy atom. The molecule has 0 amide bonds. The lowest BCUT2D eigenvalue weighted by Crippen LogP contribution is -2.26. The molecule has 1 fully saturated rings. The molecule has 3 rings (SSSR count). The fourth-order valence-corrected chi connectivity index (χ4v) is 3.40. The predicted molar refractivity (Wildman–Crippen MR) is 106 cm³/mol. The highest BCUT2D eigenvalue weighted by Crippen LogP contribution is 2.31. The molecule has 0 unspecified atom stereocenters. The fourth-order valence-electron chi connectivity index (χ4n) is 3.40. The van der Waals surface area contributed by atoms with Crippen LogP contribution < -0.4 is 4.74 Å². The zero-order chi connectivity index (χ0) is 19.6. The molecular weight excluding hydrogens is 343 g/mol. The van der Waals surface area contributed by atoms with Gasteiger partial charge in [0.1, 0.15) is 17.9 Å². The number of hydrogen-bond donors (Lipinski definition) is 1. The van der Waals surface area contributed by atoms with E-state index in [0.717, 1.165) is 61.7 Å². The van der Waals surface area contributed by atoms with Crippen LogP contribution in [0.25, 0.3) is 11.1 Å². The van der Waals surface area contributed by atoms with Gasteiger partial charge in [0.05, 0.1) is 12.2 Å². The van der Waals surface area contributed by atoms with Gasteiger partial charge in [0.2, 0.25) is 0 Å². The number of carbonyl (C=O) groups excluding carboxylic acids is 1. The van der Waals surface area contributed by atoms with Crippen LogP contribution in [-0.4, -0.2) is 23.6 Å². The highest BCUT2D eigenvalue weighted by atomic mass is 19.1. The zero-order valence-corrected chi connectivity index (χ0v) is 16.2. The molecule has 2 aromatic carbocycles. The fraction of sp³-hybridized carbons (Fsp3) is 0.435. The van der Waals surface area contributed by atoms with Crippen molar-refractivity contribution in [3.63, 3.8) is 0 Å². The van der Waals surface area contributed by atoms with Gasteiger partial charge in [-0.2, -0.15) is 0 Å². The van der Waals surface area contributed by atoms with Gasteiger partial charge in [-0.15, -0.1) is 0 Å². The lowest BCUT2D eigenvalue weighted by molar-refractivity contribution is -0.106. The van der Waals surface area contributed by atoms with Crippen molar-refractivity contribution in [2.75, 3.05) is 0 Å². The molecule has 27 heavy (non-hydrogen) atoms. The molecule has 0 radical (unpaired) electrons. The molecule has 1 saturated carbocycles. The van der Waals surface area contributed by atoms with E-state index in [2.05, 4.69) is 13.0 Å². The van der Waals surface area contributed by atoms with E-state index < -0.39 is 0 Å². The highest BCUT2D eigenvalue weighted by Gasteiger charge is 2.21. The van der Waals surface area contributed by atoms with Crippen LogP contribution in [0.5, 0.6) is 5.75 Å². The first kappa shape index (κ1) is 21.1. The SMILES string of the molecule is CC=O.CCCc1ccc(OC2CCC(O)CC2)cc1-c1cccc(F)c1. The Morgan fingerprint density at radius 1 is 1.15 bits per heavy atom. The summed E-state index contributed by atoms with van der Waals surface area (Å²) in [5.74, 6) is 0.609. The van der Waals surface area contributed by atoms with Crippen molar-refractivity contribution in [1.82, 2.24) is 0 Å². The van der Waals surface area contributed by atoms with E-state index >= 15 is 0 Å². The first-order chi connectivity index (χ1) is 13.1. The van der Waals surface area contributed by atoms with Gasteiger partial charge >= 0.3 is 0 Å². The summed E-state index contributed by atoms with van der Waals surface area (Å²) in [6.07, 6.45) is 6.10. The van der Waals surface area contributed by atoms with Crippen LogP contribution in [0.1, 0.15) is 51.5 Å². The monoisotopic (exact) mass is 372 g/mol. The van der Waals surface area contributed by atoms with Crippen LogP contribution in [0.3, 0.4) is 0 Å². The molecule has 3 nitrogen and oxygen atoms in total. The summed E-state index contributed by atoms with van der Waals surface area (Å²) in [5.41, 5.74) is 3.15. The van der Waals surface area contributed by atoms with Gasteiger partial charge in [-0.05, 0) is 80.0 Å². The molecule has 146 valence electrons. The van der Waals surface area contributed by atoms with Crippen LogP contribution in [0.15, 0.2) is 42.5 Å². The largest absolute Gasteiger partial charge is 0.490 e. The number of ether oxygens (including phenoxy) is 1. The van der Waals surface area contributed by atoms with Gasteiger partial charge in [-0.1, -0.05) is 31.5 Å². The third-order valence-electron chi connectivity index (χ3n) is 4.68. The second-order valence-electron chi connectivity index (χ2n) is 6.86. The average molecular weight is 372 g/mol. The first-order valence-electron chi connectivity index (χ1n) is 9.70. The summed E-state index contributed by atoms with van der Waals surface area (Å²) in [4.78, 5) is 8.81. The summed E-state index contributed by atoms with van der Waals surface area (Å²) in [6, 6.07) is 12.9. The van der Waals surface area contributed by atoms with Crippen molar-refractivity contribution in [2.24, 2.45) is 0 Å². The maximum Gasteiger partial charge on any atom is 0.123 e. The Bertz CT molecular complexity index is 721. The Hall–Kier alpha value is -2.20.